The first-order valence-electron chi connectivity index (χ1n) is 9.68. The number of unbranched alkanes of at least 4 members (excludes halogenated alkanes) is 2. The van der Waals surface area contributed by atoms with Crippen LogP contribution >= 0.6 is 0 Å². The molecule has 0 radical (unpaired) electrons. The molecule has 0 fully saturated rings. The Labute approximate surface area is 144 Å². The van der Waals surface area contributed by atoms with Gasteiger partial charge in [0.25, 0.3) is 0 Å². The van der Waals surface area contributed by atoms with Crippen LogP contribution in [0.4, 0.5) is 0 Å². The number of hydrogen-bond acceptors (Lipinski definition) is 0. The summed E-state index contributed by atoms with van der Waals surface area (Å²) in [5.74, 6) is 0. The lowest BCUT2D eigenvalue weighted by Gasteiger charge is -2.36. The molecule has 0 saturated heterocycles. The summed E-state index contributed by atoms with van der Waals surface area (Å²) in [6.45, 7) is 11.5. The third-order valence-corrected chi connectivity index (χ3v) is 5.59. The van der Waals surface area contributed by atoms with Crippen molar-refractivity contribution in [3.63, 3.8) is 0 Å². The number of allylic oxidation sites excluding steroid dienone is 2. The van der Waals surface area contributed by atoms with Gasteiger partial charge in [-0.1, -0.05) is 50.5 Å². The van der Waals surface area contributed by atoms with Gasteiger partial charge >= 0.3 is 0 Å². The average molecular weight is 313 g/mol. The highest BCUT2D eigenvalue weighted by Gasteiger charge is 2.30. The monoisotopic (exact) mass is 312 g/mol. The number of fused-ring (bicyclic) bond motifs is 1. The number of hydrogen-bond donors (Lipinski definition) is 0. The summed E-state index contributed by atoms with van der Waals surface area (Å²) in [5, 5.41) is 0. The van der Waals surface area contributed by atoms with Crippen molar-refractivity contribution in [1.82, 2.24) is 0 Å². The van der Waals surface area contributed by atoms with E-state index in [1.165, 1.54) is 63.4 Å². The van der Waals surface area contributed by atoms with Crippen LogP contribution in [0.3, 0.4) is 0 Å². The van der Waals surface area contributed by atoms with Crippen molar-refractivity contribution in [3.8, 4) is 0 Å². The molecule has 0 amide bonds. The average Bonchev–Trinajstić information content (AvgIpc) is 2.46. The maximum Gasteiger partial charge on any atom is -0.0221 e. The Morgan fingerprint density at radius 2 is 2.00 bits per heavy atom. The lowest BCUT2D eigenvalue weighted by Crippen LogP contribution is -2.26. The summed E-state index contributed by atoms with van der Waals surface area (Å²) in [7, 11) is 0. The first-order valence-corrected chi connectivity index (χ1v) is 9.68. The number of benzene rings is 1. The second-order valence-electron chi connectivity index (χ2n) is 8.32. The lowest BCUT2D eigenvalue weighted by molar-refractivity contribution is 0.257. The summed E-state index contributed by atoms with van der Waals surface area (Å²) < 4.78 is 0. The summed E-state index contributed by atoms with van der Waals surface area (Å²) in [4.78, 5) is 0. The standard InChI is InChI=1S/C23H36/c1-6-7-8-11-20-15-19(4)22-12-14-23(5,17-21(22)16-20)13-9-10-18(2)3/h10,15-16H,6-9,11-14,17H2,1-5H3. The Balaban J connectivity index is 2.09. The molecule has 0 aromatic heterocycles. The van der Waals surface area contributed by atoms with Gasteiger partial charge in [0, 0.05) is 0 Å². The Kier molecular flexibility index (Phi) is 6.50. The molecule has 0 spiro atoms. The van der Waals surface area contributed by atoms with Crippen LogP contribution in [0.1, 0.15) is 88.5 Å². The predicted molar refractivity (Wildman–Crippen MR) is 103 cm³/mol. The SMILES string of the molecule is CCCCCc1cc(C)c2c(c1)CC(C)(CCC=C(C)C)CC2. The molecule has 1 atom stereocenters. The molecule has 1 unspecified atom stereocenters. The normalized spacial score (nSPS) is 20.2. The van der Waals surface area contributed by atoms with Crippen LogP contribution in [-0.4, -0.2) is 0 Å². The molecule has 1 aliphatic rings. The van der Waals surface area contributed by atoms with E-state index in [0.29, 0.717) is 5.41 Å². The van der Waals surface area contributed by atoms with Gasteiger partial charge < -0.3 is 0 Å². The van der Waals surface area contributed by atoms with Gasteiger partial charge in [-0.2, -0.15) is 0 Å². The Hall–Kier alpha value is -1.04. The molecule has 0 heterocycles. The van der Waals surface area contributed by atoms with Crippen molar-refractivity contribution in [2.75, 3.05) is 0 Å². The van der Waals surface area contributed by atoms with Crippen LogP contribution in [0.2, 0.25) is 0 Å². The van der Waals surface area contributed by atoms with Gasteiger partial charge in [-0.25, -0.2) is 0 Å². The molecule has 0 nitrogen and oxygen atoms in total. The molecule has 128 valence electrons. The molecule has 0 heteroatoms. The first-order chi connectivity index (χ1) is 10.9. The number of aryl methyl sites for hydroxylation is 2. The molecular formula is C23H36. The predicted octanol–water partition coefficient (Wildman–Crippen LogP) is 6.97. The van der Waals surface area contributed by atoms with E-state index >= 15 is 0 Å². The van der Waals surface area contributed by atoms with Crippen molar-refractivity contribution in [2.45, 2.75) is 92.4 Å². The second kappa shape index (κ2) is 8.18. The van der Waals surface area contributed by atoms with Crippen LogP contribution in [-0.2, 0) is 19.3 Å². The summed E-state index contributed by atoms with van der Waals surface area (Å²) in [5.41, 5.74) is 8.38. The maximum absolute atomic E-state index is 2.54. The minimum atomic E-state index is 0.493. The van der Waals surface area contributed by atoms with Gasteiger partial charge in [-0.05, 0) is 93.4 Å². The molecule has 0 N–H and O–H groups in total. The third-order valence-electron chi connectivity index (χ3n) is 5.59. The van der Waals surface area contributed by atoms with Gasteiger partial charge in [0.1, 0.15) is 0 Å². The number of rotatable bonds is 7. The molecule has 0 bridgehead atoms. The first kappa shape index (κ1) is 18.3. The van der Waals surface area contributed by atoms with E-state index in [1.807, 2.05) is 0 Å². The van der Waals surface area contributed by atoms with Gasteiger partial charge in [-0.3, -0.25) is 0 Å². The lowest BCUT2D eigenvalue weighted by atomic mass is 9.69. The van der Waals surface area contributed by atoms with Crippen LogP contribution in [0, 0.1) is 12.3 Å². The van der Waals surface area contributed by atoms with E-state index in [9.17, 15) is 0 Å². The van der Waals surface area contributed by atoms with E-state index in [-0.39, 0.29) is 0 Å². The van der Waals surface area contributed by atoms with Crippen molar-refractivity contribution in [3.05, 3.63) is 46.0 Å². The fourth-order valence-electron chi connectivity index (χ4n) is 4.11. The van der Waals surface area contributed by atoms with Gasteiger partial charge in [-0.15, -0.1) is 0 Å². The highest BCUT2D eigenvalue weighted by molar-refractivity contribution is 5.41. The molecule has 1 aromatic rings. The van der Waals surface area contributed by atoms with Crippen molar-refractivity contribution in [2.24, 2.45) is 5.41 Å². The Morgan fingerprint density at radius 3 is 2.70 bits per heavy atom. The largest absolute Gasteiger partial charge is 0.0859 e. The van der Waals surface area contributed by atoms with E-state index < -0.39 is 0 Å². The van der Waals surface area contributed by atoms with Crippen molar-refractivity contribution < 1.29 is 0 Å². The smallest absolute Gasteiger partial charge is 0.0221 e. The van der Waals surface area contributed by atoms with Crippen LogP contribution in [0.25, 0.3) is 0 Å². The maximum atomic E-state index is 2.54. The summed E-state index contributed by atoms with van der Waals surface area (Å²) in [6.07, 6.45) is 14.2. The van der Waals surface area contributed by atoms with Gasteiger partial charge in [0.15, 0.2) is 0 Å². The molecule has 1 aromatic carbocycles. The molecule has 0 saturated carbocycles. The molecular weight excluding hydrogens is 276 g/mol. The van der Waals surface area contributed by atoms with E-state index in [1.54, 1.807) is 22.3 Å². The second-order valence-corrected chi connectivity index (χ2v) is 8.32. The zero-order valence-corrected chi connectivity index (χ0v) is 16.1. The van der Waals surface area contributed by atoms with Crippen LogP contribution in [0.15, 0.2) is 23.8 Å². The van der Waals surface area contributed by atoms with Gasteiger partial charge in [0.2, 0.25) is 0 Å². The van der Waals surface area contributed by atoms with Crippen molar-refractivity contribution >= 4 is 0 Å². The topological polar surface area (TPSA) is 0 Å². The van der Waals surface area contributed by atoms with Crippen molar-refractivity contribution in [1.29, 1.82) is 0 Å². The van der Waals surface area contributed by atoms with E-state index in [0.717, 1.165) is 0 Å². The zero-order chi connectivity index (χ0) is 16.9. The minimum absolute atomic E-state index is 0.493. The molecule has 0 aliphatic heterocycles. The van der Waals surface area contributed by atoms with E-state index in [2.05, 4.69) is 52.8 Å². The summed E-state index contributed by atoms with van der Waals surface area (Å²) in [6, 6.07) is 5.00. The molecule has 1 aliphatic carbocycles. The Morgan fingerprint density at radius 1 is 1.22 bits per heavy atom. The van der Waals surface area contributed by atoms with Gasteiger partial charge in [0.05, 0.1) is 0 Å². The highest BCUT2D eigenvalue weighted by atomic mass is 14.3. The van der Waals surface area contributed by atoms with Crippen LogP contribution < -0.4 is 0 Å². The third kappa shape index (κ3) is 5.23. The van der Waals surface area contributed by atoms with Crippen LogP contribution in [0.5, 0.6) is 0 Å². The molecule has 2 rings (SSSR count). The molecule has 23 heavy (non-hydrogen) atoms. The van der Waals surface area contributed by atoms with E-state index in [4.69, 9.17) is 0 Å². The fraction of sp³-hybridized carbons (Fsp3) is 0.652. The minimum Gasteiger partial charge on any atom is -0.0859 e. The zero-order valence-electron chi connectivity index (χ0n) is 16.1. The highest BCUT2D eigenvalue weighted by Crippen LogP contribution is 2.40. The summed E-state index contributed by atoms with van der Waals surface area (Å²) >= 11 is 0. The quantitative estimate of drug-likeness (QED) is 0.377. The Bertz CT molecular complexity index is 545. The fourth-order valence-corrected chi connectivity index (χ4v) is 4.11.